The summed E-state index contributed by atoms with van der Waals surface area (Å²) >= 11 is 0. The van der Waals surface area contributed by atoms with Crippen LogP contribution in [0.25, 0.3) is 11.4 Å². The van der Waals surface area contributed by atoms with Crippen molar-refractivity contribution in [3.8, 4) is 11.4 Å². The first-order chi connectivity index (χ1) is 9.53. The van der Waals surface area contributed by atoms with Crippen LogP contribution in [0.3, 0.4) is 0 Å². The molecule has 4 nitrogen and oxygen atoms in total. The van der Waals surface area contributed by atoms with Crippen molar-refractivity contribution < 1.29 is 13.3 Å². The van der Waals surface area contributed by atoms with Gasteiger partial charge in [-0.25, -0.2) is 8.78 Å². The number of nitrogen functional groups attached to an aromatic ring is 1. The molecule has 1 aromatic carbocycles. The Hall–Kier alpha value is -1.98. The van der Waals surface area contributed by atoms with Crippen LogP contribution in [0.15, 0.2) is 28.8 Å². The Balaban J connectivity index is 1.76. The lowest BCUT2D eigenvalue weighted by molar-refractivity contribution is -0.0402. The zero-order valence-corrected chi connectivity index (χ0v) is 10.9. The molecule has 20 heavy (non-hydrogen) atoms. The van der Waals surface area contributed by atoms with Crippen molar-refractivity contribution in [2.45, 2.75) is 37.5 Å². The normalized spacial score (nSPS) is 19.1. The van der Waals surface area contributed by atoms with Gasteiger partial charge in [0, 0.05) is 30.0 Å². The van der Waals surface area contributed by atoms with Crippen LogP contribution in [-0.2, 0) is 0 Å². The number of nitrogens with zero attached hydrogens (tertiary/aromatic N) is 2. The number of aromatic nitrogens is 2. The highest BCUT2D eigenvalue weighted by Gasteiger charge is 2.37. The van der Waals surface area contributed by atoms with Crippen LogP contribution in [-0.4, -0.2) is 16.1 Å². The number of benzene rings is 1. The molecule has 0 spiro atoms. The minimum atomic E-state index is -2.55. The maximum atomic E-state index is 13.1. The van der Waals surface area contributed by atoms with E-state index in [0.29, 0.717) is 30.2 Å². The van der Waals surface area contributed by atoms with Gasteiger partial charge in [-0.15, -0.1) is 0 Å². The number of rotatable bonds is 2. The van der Waals surface area contributed by atoms with E-state index in [1.807, 2.05) is 0 Å². The summed E-state index contributed by atoms with van der Waals surface area (Å²) in [5.41, 5.74) is 7.08. The first kappa shape index (κ1) is 13.0. The topological polar surface area (TPSA) is 64.9 Å². The minimum absolute atomic E-state index is 0.0651. The first-order valence-electron chi connectivity index (χ1n) is 6.61. The molecule has 2 aromatic rings. The third-order valence-electron chi connectivity index (χ3n) is 3.68. The van der Waals surface area contributed by atoms with Crippen LogP contribution in [0, 0.1) is 0 Å². The highest BCUT2D eigenvalue weighted by atomic mass is 19.3. The molecule has 1 aliphatic rings. The highest BCUT2D eigenvalue weighted by molar-refractivity contribution is 5.58. The second-order valence-corrected chi connectivity index (χ2v) is 5.21. The number of anilines is 1. The summed E-state index contributed by atoms with van der Waals surface area (Å²) in [5.74, 6) is -1.69. The molecule has 0 aliphatic heterocycles. The molecule has 6 heteroatoms. The van der Waals surface area contributed by atoms with Gasteiger partial charge in [0.1, 0.15) is 0 Å². The molecule has 0 amide bonds. The number of hydrogen-bond acceptors (Lipinski definition) is 4. The van der Waals surface area contributed by atoms with Crippen molar-refractivity contribution in [2.24, 2.45) is 0 Å². The van der Waals surface area contributed by atoms with Crippen LogP contribution in [0.2, 0.25) is 0 Å². The predicted octanol–water partition coefficient (Wildman–Crippen LogP) is 3.61. The summed E-state index contributed by atoms with van der Waals surface area (Å²) in [7, 11) is 0. The lowest BCUT2D eigenvalue weighted by atomic mass is 9.87. The third-order valence-corrected chi connectivity index (χ3v) is 3.68. The maximum Gasteiger partial charge on any atom is 0.248 e. The van der Waals surface area contributed by atoms with Crippen LogP contribution in [0.5, 0.6) is 0 Å². The Morgan fingerprint density at radius 2 is 1.80 bits per heavy atom. The lowest BCUT2D eigenvalue weighted by Crippen LogP contribution is -2.23. The zero-order valence-electron chi connectivity index (χ0n) is 10.9. The van der Waals surface area contributed by atoms with Gasteiger partial charge < -0.3 is 10.3 Å². The Bertz CT molecular complexity index is 585. The largest absolute Gasteiger partial charge is 0.399 e. The maximum absolute atomic E-state index is 13.1. The van der Waals surface area contributed by atoms with E-state index in [2.05, 4.69) is 10.1 Å². The minimum Gasteiger partial charge on any atom is -0.399 e. The molecule has 106 valence electrons. The highest BCUT2D eigenvalue weighted by Crippen LogP contribution is 2.40. The van der Waals surface area contributed by atoms with Gasteiger partial charge in [-0.1, -0.05) is 5.16 Å². The molecule has 3 rings (SSSR count). The van der Waals surface area contributed by atoms with Crippen LogP contribution in [0.1, 0.15) is 37.5 Å². The third kappa shape index (κ3) is 2.64. The number of nitrogens with two attached hydrogens (primary N) is 1. The monoisotopic (exact) mass is 279 g/mol. The SMILES string of the molecule is Nc1ccc(-c2noc(C3CCC(F)(F)CC3)n2)cc1. The molecule has 0 atom stereocenters. The average Bonchev–Trinajstić information content (AvgIpc) is 2.89. The second-order valence-electron chi connectivity index (χ2n) is 5.21. The smallest absolute Gasteiger partial charge is 0.248 e. The van der Waals surface area contributed by atoms with Crippen molar-refractivity contribution in [3.05, 3.63) is 30.2 Å². The molecule has 2 N–H and O–H groups in total. The van der Waals surface area contributed by atoms with Gasteiger partial charge in [-0.3, -0.25) is 0 Å². The van der Waals surface area contributed by atoms with Gasteiger partial charge in [-0.2, -0.15) is 4.98 Å². The van der Waals surface area contributed by atoms with Crippen molar-refractivity contribution in [1.29, 1.82) is 0 Å². The Labute approximate surface area is 115 Å². The molecule has 1 fully saturated rings. The molecule has 1 saturated carbocycles. The summed E-state index contributed by atoms with van der Waals surface area (Å²) in [6.45, 7) is 0. The molecule has 1 aromatic heterocycles. The molecule has 0 radical (unpaired) electrons. The first-order valence-corrected chi connectivity index (χ1v) is 6.61. The molecule has 1 heterocycles. The van der Waals surface area contributed by atoms with E-state index < -0.39 is 5.92 Å². The average molecular weight is 279 g/mol. The molecular weight excluding hydrogens is 264 g/mol. The van der Waals surface area contributed by atoms with E-state index in [1.165, 1.54) is 0 Å². The van der Waals surface area contributed by atoms with Crippen LogP contribution in [0.4, 0.5) is 14.5 Å². The quantitative estimate of drug-likeness (QED) is 0.853. The lowest BCUT2D eigenvalue weighted by Gasteiger charge is -2.25. The van der Waals surface area contributed by atoms with E-state index in [1.54, 1.807) is 24.3 Å². The van der Waals surface area contributed by atoms with Gasteiger partial charge in [0.15, 0.2) is 0 Å². The second kappa shape index (κ2) is 4.85. The molecular formula is C14H15F2N3O. The summed E-state index contributed by atoms with van der Waals surface area (Å²) < 4.78 is 31.5. The van der Waals surface area contributed by atoms with Gasteiger partial charge in [0.25, 0.3) is 0 Å². The number of alkyl halides is 2. The zero-order chi connectivity index (χ0) is 14.2. The fourth-order valence-corrected chi connectivity index (χ4v) is 2.44. The van der Waals surface area contributed by atoms with Gasteiger partial charge >= 0.3 is 0 Å². The summed E-state index contributed by atoms with van der Waals surface area (Å²) in [5, 5.41) is 3.91. The van der Waals surface area contributed by atoms with Gasteiger partial charge in [0.2, 0.25) is 17.6 Å². The Kier molecular flexibility index (Phi) is 3.16. The number of hydrogen-bond donors (Lipinski definition) is 1. The van der Waals surface area contributed by atoms with Crippen LogP contribution >= 0.6 is 0 Å². The van der Waals surface area contributed by atoms with Gasteiger partial charge in [-0.05, 0) is 37.1 Å². The number of halogens is 2. The van der Waals surface area contributed by atoms with Gasteiger partial charge in [0.05, 0.1) is 0 Å². The summed E-state index contributed by atoms with van der Waals surface area (Å²) in [4.78, 5) is 4.32. The summed E-state index contributed by atoms with van der Waals surface area (Å²) in [6.07, 6.45) is 0.543. The van der Waals surface area contributed by atoms with E-state index in [-0.39, 0.29) is 18.8 Å². The van der Waals surface area contributed by atoms with E-state index in [4.69, 9.17) is 10.3 Å². The predicted molar refractivity (Wildman–Crippen MR) is 70.3 cm³/mol. The van der Waals surface area contributed by atoms with Crippen molar-refractivity contribution in [2.75, 3.05) is 5.73 Å². The fourth-order valence-electron chi connectivity index (χ4n) is 2.44. The van der Waals surface area contributed by atoms with E-state index in [9.17, 15) is 8.78 Å². The van der Waals surface area contributed by atoms with Crippen molar-refractivity contribution >= 4 is 5.69 Å². The molecule has 0 saturated heterocycles. The molecule has 0 bridgehead atoms. The Morgan fingerprint density at radius 3 is 2.45 bits per heavy atom. The summed E-state index contributed by atoms with van der Waals surface area (Å²) in [6, 6.07) is 7.12. The van der Waals surface area contributed by atoms with Crippen molar-refractivity contribution in [1.82, 2.24) is 10.1 Å². The van der Waals surface area contributed by atoms with E-state index >= 15 is 0 Å². The molecule has 1 aliphatic carbocycles. The van der Waals surface area contributed by atoms with Crippen molar-refractivity contribution in [3.63, 3.8) is 0 Å². The fraction of sp³-hybridized carbons (Fsp3) is 0.429. The standard InChI is InChI=1S/C14H15F2N3O/c15-14(16)7-5-10(6-8-14)13-18-12(19-20-13)9-1-3-11(17)4-2-9/h1-4,10H,5-8,17H2. The van der Waals surface area contributed by atoms with E-state index in [0.717, 1.165) is 5.56 Å². The van der Waals surface area contributed by atoms with Crippen LogP contribution < -0.4 is 5.73 Å². The Morgan fingerprint density at radius 1 is 1.15 bits per heavy atom. The molecule has 0 unspecified atom stereocenters.